The number of carbonyl (C=O) groups is 1. The van der Waals surface area contributed by atoms with Crippen molar-refractivity contribution in [1.82, 2.24) is 126 Å². The summed E-state index contributed by atoms with van der Waals surface area (Å²) in [6.45, 7) is 9.47. The number of fused-ring (bicyclic) bond motifs is 8. The Balaban J connectivity index is 0.000000105. The SMILES string of the molecule is CC(C)(C)C(=O)Nc1cncc(-c2ccc3[nH]nc(-c4nc5c(-c6ccsc6)cncc5[nH]4)c3c2)c1.CCNCc1cncc(-c2ccc3[nH]nc(-c4nc5c(-c6ccsc6)cncc5[nH]4)c3c2)c1.CN(C)c1cncc(-c2ccc3[nH]nc(-c4nc5c(-c6ccsc6)cncc5[nH]4)c3c2)c1.c1cncc(-c2ccc3[nH]nc(-c4nc5c(-c6ccsc6)cncc5[nH]4)c3c2)c1. The molecule has 24 aromatic rings. The van der Waals surface area contributed by atoms with Crippen LogP contribution in [0.25, 0.3) is 223 Å². The largest absolute Gasteiger partial charge is 0.376 e. The van der Waals surface area contributed by atoms with Crippen molar-refractivity contribution in [2.24, 2.45) is 5.41 Å². The monoisotopic (exact) mass is 1780 g/mol. The van der Waals surface area contributed by atoms with Crippen molar-refractivity contribution in [2.45, 2.75) is 34.2 Å². The number of hydrogen-bond acceptors (Lipinski definition) is 23. The van der Waals surface area contributed by atoms with Gasteiger partial charge in [-0.15, -0.1) is 0 Å². The molecule has 130 heavy (non-hydrogen) atoms. The van der Waals surface area contributed by atoms with Gasteiger partial charge in [0.2, 0.25) is 5.91 Å². The Morgan fingerprint density at radius 3 is 1.06 bits per heavy atom. The molecule has 0 bridgehead atoms. The van der Waals surface area contributed by atoms with E-state index in [1.54, 1.807) is 82.5 Å². The van der Waals surface area contributed by atoms with Crippen LogP contribution in [0.3, 0.4) is 0 Å². The number of nitrogens with zero attached hydrogens (tertiary/aromatic N) is 17. The number of hydrogen-bond donors (Lipinski definition) is 10. The lowest BCUT2D eigenvalue weighted by molar-refractivity contribution is -0.123. The maximum absolute atomic E-state index is 12.4. The summed E-state index contributed by atoms with van der Waals surface area (Å²) in [6, 6.07) is 43.4. The first-order chi connectivity index (χ1) is 63.7. The molecule has 0 aliphatic rings. The Bertz CT molecular complexity index is 8210. The number of pyridine rings is 8. The molecule has 0 saturated carbocycles. The van der Waals surface area contributed by atoms with Gasteiger partial charge in [-0.25, -0.2) is 19.9 Å². The van der Waals surface area contributed by atoms with Gasteiger partial charge in [0, 0.05) is 154 Å². The van der Waals surface area contributed by atoms with Crippen LogP contribution in [-0.2, 0) is 11.3 Å². The first kappa shape index (κ1) is 80.9. The molecule has 32 heteroatoms. The van der Waals surface area contributed by atoms with Crippen molar-refractivity contribution in [3.63, 3.8) is 0 Å². The molecule has 28 nitrogen and oxygen atoms in total. The number of nitrogens with one attached hydrogen (secondary N) is 10. The summed E-state index contributed by atoms with van der Waals surface area (Å²) >= 11 is 6.63. The Morgan fingerprint density at radius 1 is 0.354 bits per heavy atom. The lowest BCUT2D eigenvalue weighted by Gasteiger charge is -2.17. The van der Waals surface area contributed by atoms with E-state index >= 15 is 0 Å². The molecule has 634 valence electrons. The summed E-state index contributed by atoms with van der Waals surface area (Å²) in [4.78, 5) is 82.6. The standard InChI is InChI=1S/C27H23N7OS.C25H21N7S.C24H19N7S.C22H14N6S/c1-27(2,3)26(35)30-18-8-17(10-28-11-18)15-4-5-21-19(9-15)24(34-33-21)25-31-22-13-29-12-20(23(22)32-25)16-6-7-36-14-16;1-2-26-9-15-7-18(11-27-10-15)16-3-4-21-19(8-16)24(32-31-21)25-29-22-13-28-12-20(23(22)30-25)17-5-6-33-14-17;1-31(2)17-7-16(9-25-10-17)14-3-4-20-18(8-14)23(30-29-20)24-27-21-12-26-11-19(22(21)28-24)15-5-6-32-13-15;1-2-14(9-23-6-1)13-3-4-18-16(8-13)21(28-27-18)22-25-19-11-24-10-17(20(19)26-22)15-5-7-29-12-15/h4-14H,1-3H3,(H,30,35)(H,31,32)(H,33,34);3-8,10-14,26H,2,9H2,1H3,(H,29,30)(H,31,32);3-13H,1-2H3,(H,27,28)(H,29,30);1-12H,(H,25,26)(H,27,28). The predicted molar refractivity (Wildman–Crippen MR) is 522 cm³/mol. The second kappa shape index (κ2) is 34.7. The van der Waals surface area contributed by atoms with Gasteiger partial charge in [0.1, 0.15) is 44.8 Å². The van der Waals surface area contributed by atoms with Gasteiger partial charge in [0.15, 0.2) is 23.3 Å². The molecule has 10 N–H and O–H groups in total. The first-order valence-electron chi connectivity index (χ1n) is 41.5. The Hall–Kier alpha value is -16.1. The van der Waals surface area contributed by atoms with Gasteiger partial charge in [-0.05, 0) is 197 Å². The molecule has 0 saturated heterocycles. The number of amides is 1. The van der Waals surface area contributed by atoms with Crippen LogP contribution in [0.5, 0.6) is 0 Å². The van der Waals surface area contributed by atoms with Gasteiger partial charge in [-0.3, -0.25) is 65.1 Å². The number of aromatic amines is 8. The van der Waals surface area contributed by atoms with Crippen molar-refractivity contribution < 1.29 is 4.79 Å². The fraction of sp³-hybridized carbons (Fsp3) is 0.0918. The van der Waals surface area contributed by atoms with Crippen LogP contribution in [0.1, 0.15) is 33.3 Å². The third-order valence-electron chi connectivity index (χ3n) is 22.3. The lowest BCUT2D eigenvalue weighted by Crippen LogP contribution is -2.27. The molecule has 0 spiro atoms. The minimum Gasteiger partial charge on any atom is -0.376 e. The number of H-pyrrole nitrogens is 8. The van der Waals surface area contributed by atoms with E-state index in [4.69, 9.17) is 19.9 Å². The molecule has 0 atom stereocenters. The molecule has 20 heterocycles. The van der Waals surface area contributed by atoms with Crippen LogP contribution in [0.15, 0.2) is 270 Å². The highest BCUT2D eigenvalue weighted by atomic mass is 32.1. The summed E-state index contributed by atoms with van der Waals surface area (Å²) in [7, 11) is 4.03. The van der Waals surface area contributed by atoms with Crippen molar-refractivity contribution in [1.29, 1.82) is 0 Å². The number of benzene rings is 4. The third-order valence-corrected chi connectivity index (χ3v) is 25.1. The quantitative estimate of drug-likeness (QED) is 0.0405. The van der Waals surface area contributed by atoms with Gasteiger partial charge < -0.3 is 35.5 Å². The van der Waals surface area contributed by atoms with Gasteiger partial charge >= 0.3 is 0 Å². The second-order valence-electron chi connectivity index (χ2n) is 32.1. The summed E-state index contributed by atoms with van der Waals surface area (Å²) in [5.74, 6) is 2.77. The Kier molecular flexibility index (Phi) is 21.6. The predicted octanol–water partition coefficient (Wildman–Crippen LogP) is 22.3. The summed E-state index contributed by atoms with van der Waals surface area (Å²) in [5.41, 5.74) is 33.1. The highest BCUT2D eigenvalue weighted by Gasteiger charge is 2.25. The van der Waals surface area contributed by atoms with Crippen LogP contribution in [0.4, 0.5) is 11.4 Å². The van der Waals surface area contributed by atoms with Gasteiger partial charge in [-0.1, -0.05) is 58.0 Å². The number of rotatable bonds is 17. The van der Waals surface area contributed by atoms with E-state index < -0.39 is 5.41 Å². The minimum absolute atomic E-state index is 0.0600. The van der Waals surface area contributed by atoms with Gasteiger partial charge in [0.05, 0.1) is 92.7 Å². The Labute approximate surface area is 756 Å². The van der Waals surface area contributed by atoms with Crippen LogP contribution in [0, 0.1) is 5.41 Å². The summed E-state index contributed by atoms with van der Waals surface area (Å²) in [6.07, 6.45) is 29.3. The molecular weight excluding hydrogens is 1700 g/mol. The highest BCUT2D eigenvalue weighted by Crippen LogP contribution is 2.41. The van der Waals surface area contributed by atoms with Crippen LogP contribution in [-0.4, -0.2) is 147 Å². The topological polar surface area (TPSA) is 377 Å². The van der Waals surface area contributed by atoms with Crippen LogP contribution < -0.4 is 15.5 Å². The van der Waals surface area contributed by atoms with E-state index in [1.807, 2.05) is 150 Å². The molecule has 0 fully saturated rings. The van der Waals surface area contributed by atoms with E-state index in [1.165, 1.54) is 0 Å². The number of anilines is 2. The van der Waals surface area contributed by atoms with E-state index in [-0.39, 0.29) is 5.91 Å². The van der Waals surface area contributed by atoms with Crippen molar-refractivity contribution in [2.75, 3.05) is 30.9 Å². The van der Waals surface area contributed by atoms with Gasteiger partial charge in [-0.2, -0.15) is 65.7 Å². The zero-order chi connectivity index (χ0) is 87.9. The zero-order valence-corrected chi connectivity index (χ0v) is 73.8. The average molecular weight is 1780 g/mol. The molecule has 24 rings (SSSR count). The highest BCUT2D eigenvalue weighted by molar-refractivity contribution is 7.09. The normalized spacial score (nSPS) is 11.6. The lowest BCUT2D eigenvalue weighted by atomic mass is 9.95. The minimum atomic E-state index is -0.494. The first-order valence-corrected chi connectivity index (χ1v) is 45.3. The molecule has 20 aromatic heterocycles. The third kappa shape index (κ3) is 16.1. The molecule has 0 unspecified atom stereocenters. The summed E-state index contributed by atoms with van der Waals surface area (Å²) in [5, 5.41) is 57.6. The van der Waals surface area contributed by atoms with Crippen molar-refractivity contribution in [3.05, 3.63) is 275 Å². The van der Waals surface area contributed by atoms with Crippen molar-refractivity contribution >= 4 is 150 Å². The number of thiophene rings is 4. The van der Waals surface area contributed by atoms with E-state index in [2.05, 4.69) is 241 Å². The van der Waals surface area contributed by atoms with Crippen molar-refractivity contribution in [3.8, 4) is 135 Å². The maximum atomic E-state index is 12.4. The van der Waals surface area contributed by atoms with E-state index in [9.17, 15) is 4.79 Å². The maximum Gasteiger partial charge on any atom is 0.229 e. The number of aromatic nitrogens is 24. The molecule has 0 aliphatic heterocycles. The molecule has 4 aromatic carbocycles. The molecule has 0 radical (unpaired) electrons. The number of imidazole rings is 4. The van der Waals surface area contributed by atoms with Gasteiger partial charge in [0.25, 0.3) is 0 Å². The van der Waals surface area contributed by atoms with Crippen LogP contribution >= 0.6 is 45.3 Å². The van der Waals surface area contributed by atoms with E-state index in [0.29, 0.717) is 17.3 Å². The number of carbonyl (C=O) groups excluding carboxylic acids is 1. The zero-order valence-electron chi connectivity index (χ0n) is 70.5. The average Bonchev–Trinajstić information content (AvgIpc) is 1.63. The Morgan fingerprint density at radius 2 is 0.708 bits per heavy atom. The second-order valence-corrected chi connectivity index (χ2v) is 35.3. The summed E-state index contributed by atoms with van der Waals surface area (Å²) < 4.78 is 0. The molecule has 0 aliphatic carbocycles. The fourth-order valence-corrected chi connectivity index (χ4v) is 18.2. The van der Waals surface area contributed by atoms with E-state index in [0.717, 1.165) is 236 Å². The smallest absolute Gasteiger partial charge is 0.229 e. The molecular formula is C98H77N27OS4. The van der Waals surface area contributed by atoms with Crippen LogP contribution in [0.2, 0.25) is 0 Å². The fourth-order valence-electron chi connectivity index (χ4n) is 15.6. The molecule has 1 amide bonds.